The summed E-state index contributed by atoms with van der Waals surface area (Å²) >= 11 is 0. The number of ether oxygens (including phenoxy) is 2. The van der Waals surface area contributed by atoms with Crippen molar-refractivity contribution in [3.8, 4) is 0 Å². The van der Waals surface area contributed by atoms with Gasteiger partial charge in [-0.25, -0.2) is 9.36 Å². The standard InChI is InChI=1S/C44H81O10P/c1-3-5-7-9-11-13-15-17-19-20-22-23-25-27-29-31-33-35-43(47)51-39-42(40-53-55(49,50)52-38-41(46)37-45)54-44(48)36-34-32-30-28-26-24-21-18-16-14-12-10-8-6-4-2/h13,15,30,32,34,36,41-42,45-46H,3-12,14,16-29,31,33,35,37-40H2,1-2H3,(H,49,50)/b15-13+,32-30+,36-34+/t41-,42+/m0/s1. The largest absolute Gasteiger partial charge is 0.472 e. The highest BCUT2D eigenvalue weighted by atomic mass is 31.2. The van der Waals surface area contributed by atoms with Gasteiger partial charge in [-0.1, -0.05) is 173 Å². The van der Waals surface area contributed by atoms with Crippen molar-refractivity contribution >= 4 is 19.8 Å². The molecule has 0 amide bonds. The number of phosphoric ester groups is 1. The van der Waals surface area contributed by atoms with Crippen LogP contribution >= 0.6 is 7.82 Å². The Kier molecular flexibility index (Phi) is 39.1. The van der Waals surface area contributed by atoms with Gasteiger partial charge in [0.1, 0.15) is 12.7 Å². The molecule has 10 nitrogen and oxygen atoms in total. The van der Waals surface area contributed by atoms with Gasteiger partial charge in [0.25, 0.3) is 0 Å². The van der Waals surface area contributed by atoms with Crippen molar-refractivity contribution in [2.45, 2.75) is 206 Å². The van der Waals surface area contributed by atoms with Crippen LogP contribution in [0.15, 0.2) is 36.5 Å². The maximum Gasteiger partial charge on any atom is 0.472 e. The molecule has 0 heterocycles. The first-order chi connectivity index (χ1) is 26.7. The first-order valence-corrected chi connectivity index (χ1v) is 23.5. The van der Waals surface area contributed by atoms with Gasteiger partial charge in [0.2, 0.25) is 0 Å². The number of rotatable bonds is 41. The van der Waals surface area contributed by atoms with Crippen molar-refractivity contribution in [2.75, 3.05) is 26.4 Å². The molecule has 1 unspecified atom stereocenters. The Hall–Kier alpha value is -1.81. The van der Waals surface area contributed by atoms with Crippen molar-refractivity contribution in [3.63, 3.8) is 0 Å². The second kappa shape index (κ2) is 40.4. The molecule has 11 heteroatoms. The zero-order valence-electron chi connectivity index (χ0n) is 34.9. The van der Waals surface area contributed by atoms with Crippen molar-refractivity contribution in [2.24, 2.45) is 0 Å². The molecular formula is C44H81O10P. The number of carbonyl (C=O) groups excluding carboxylic acids is 2. The molecule has 3 N–H and O–H groups in total. The number of hydrogen-bond acceptors (Lipinski definition) is 9. The van der Waals surface area contributed by atoms with E-state index < -0.39 is 51.8 Å². The first-order valence-electron chi connectivity index (χ1n) is 22.0. The van der Waals surface area contributed by atoms with E-state index in [-0.39, 0.29) is 13.0 Å². The van der Waals surface area contributed by atoms with Gasteiger partial charge in [-0.05, 0) is 44.9 Å². The molecule has 55 heavy (non-hydrogen) atoms. The van der Waals surface area contributed by atoms with Crippen LogP contribution in [0.1, 0.15) is 194 Å². The van der Waals surface area contributed by atoms with Gasteiger partial charge in [-0.15, -0.1) is 0 Å². The van der Waals surface area contributed by atoms with Gasteiger partial charge in [0.05, 0.1) is 19.8 Å². The van der Waals surface area contributed by atoms with Crippen LogP contribution in [0.3, 0.4) is 0 Å². The SMILES string of the molecule is CCCCCC/C=C/CCCCCCCCCCCC(=O)OC[C@H](COP(=O)(O)OC[C@@H](O)CO)OC(=O)/C=C/C=C/CCCCCCCCCCCCC. The van der Waals surface area contributed by atoms with Gasteiger partial charge in [0.15, 0.2) is 6.10 Å². The molecule has 0 saturated heterocycles. The Labute approximate surface area is 335 Å². The van der Waals surface area contributed by atoms with Gasteiger partial charge in [0, 0.05) is 12.5 Å². The number of phosphoric acid groups is 1. The van der Waals surface area contributed by atoms with Crippen molar-refractivity contribution in [1.29, 1.82) is 0 Å². The molecule has 0 saturated carbocycles. The van der Waals surface area contributed by atoms with Crippen LogP contribution in [0.4, 0.5) is 0 Å². The topological polar surface area (TPSA) is 149 Å². The summed E-state index contributed by atoms with van der Waals surface area (Å²) in [6.07, 6.45) is 41.7. The van der Waals surface area contributed by atoms with Crippen molar-refractivity contribution in [1.82, 2.24) is 0 Å². The van der Waals surface area contributed by atoms with Crippen molar-refractivity contribution < 1.29 is 47.8 Å². The van der Waals surface area contributed by atoms with Gasteiger partial charge in [-0.2, -0.15) is 0 Å². The van der Waals surface area contributed by atoms with E-state index in [1.165, 1.54) is 141 Å². The Morgan fingerprint density at radius 3 is 1.53 bits per heavy atom. The predicted molar refractivity (Wildman–Crippen MR) is 224 cm³/mol. The van der Waals surface area contributed by atoms with E-state index in [9.17, 15) is 24.2 Å². The summed E-state index contributed by atoms with van der Waals surface area (Å²) in [5.41, 5.74) is 0. The van der Waals surface area contributed by atoms with Gasteiger partial charge >= 0.3 is 19.8 Å². The molecule has 0 aromatic rings. The lowest BCUT2D eigenvalue weighted by atomic mass is 10.1. The summed E-state index contributed by atoms with van der Waals surface area (Å²) in [6.45, 7) is 2.25. The second-order valence-corrected chi connectivity index (χ2v) is 16.2. The first kappa shape index (κ1) is 53.2. The van der Waals surface area contributed by atoms with Crippen LogP contribution in [0.2, 0.25) is 0 Å². The van der Waals surface area contributed by atoms with Crippen molar-refractivity contribution in [3.05, 3.63) is 36.5 Å². The van der Waals surface area contributed by atoms with E-state index in [1.807, 2.05) is 6.08 Å². The number of unbranched alkanes of at least 4 members (excludes halogenated alkanes) is 24. The molecule has 322 valence electrons. The molecule has 0 rings (SSSR count). The lowest BCUT2D eigenvalue weighted by Gasteiger charge is -2.19. The molecule has 3 atom stereocenters. The molecule has 0 spiro atoms. The third-order valence-electron chi connectivity index (χ3n) is 9.37. The monoisotopic (exact) mass is 801 g/mol. The second-order valence-electron chi connectivity index (χ2n) is 14.8. The predicted octanol–water partition coefficient (Wildman–Crippen LogP) is 11.6. The summed E-state index contributed by atoms with van der Waals surface area (Å²) < 4.78 is 32.5. The molecule has 0 fully saturated rings. The highest BCUT2D eigenvalue weighted by molar-refractivity contribution is 7.47. The lowest BCUT2D eigenvalue weighted by Crippen LogP contribution is -2.29. The minimum atomic E-state index is -4.64. The molecule has 0 aliphatic carbocycles. The number of allylic oxidation sites excluding steroid dienone is 5. The smallest absolute Gasteiger partial charge is 0.462 e. The normalized spacial score (nSPS) is 14.2. The summed E-state index contributed by atoms with van der Waals surface area (Å²) in [4.78, 5) is 34.8. The number of carbonyl (C=O) groups is 2. The molecular weight excluding hydrogens is 719 g/mol. The summed E-state index contributed by atoms with van der Waals surface area (Å²) in [6, 6.07) is 0. The van der Waals surface area contributed by atoms with E-state index in [1.54, 1.807) is 12.2 Å². The lowest BCUT2D eigenvalue weighted by molar-refractivity contribution is -0.157. The maximum absolute atomic E-state index is 12.5. The van der Waals surface area contributed by atoms with Crippen LogP contribution in [0.25, 0.3) is 0 Å². The van der Waals surface area contributed by atoms with Crippen LogP contribution in [-0.2, 0) is 32.7 Å². The quantitative estimate of drug-likeness (QED) is 0.0136. The minimum absolute atomic E-state index is 0.220. The van der Waals surface area contributed by atoms with E-state index in [4.69, 9.17) is 19.1 Å². The fourth-order valence-corrected chi connectivity index (χ4v) is 6.74. The summed E-state index contributed by atoms with van der Waals surface area (Å²) in [7, 11) is -4.64. The maximum atomic E-state index is 12.5. The van der Waals surface area contributed by atoms with E-state index >= 15 is 0 Å². The fraction of sp³-hybridized carbons (Fsp3) is 0.818. The van der Waals surface area contributed by atoms with Crippen LogP contribution in [0.5, 0.6) is 0 Å². The number of esters is 2. The number of aliphatic hydroxyl groups excluding tert-OH is 2. The Balaban J connectivity index is 4.37. The number of aliphatic hydroxyl groups is 2. The molecule has 0 aliphatic heterocycles. The summed E-state index contributed by atoms with van der Waals surface area (Å²) in [5, 5.41) is 18.3. The zero-order valence-corrected chi connectivity index (χ0v) is 35.8. The average molecular weight is 801 g/mol. The van der Waals surface area contributed by atoms with Gasteiger partial charge < -0.3 is 24.6 Å². The van der Waals surface area contributed by atoms with Crippen LogP contribution < -0.4 is 0 Å². The Bertz CT molecular complexity index is 1010. The molecule has 0 aromatic carbocycles. The molecule has 0 aliphatic rings. The highest BCUT2D eigenvalue weighted by Gasteiger charge is 2.26. The van der Waals surface area contributed by atoms with Crippen LogP contribution in [-0.4, -0.2) is 65.7 Å². The number of hydrogen-bond donors (Lipinski definition) is 3. The minimum Gasteiger partial charge on any atom is -0.462 e. The van der Waals surface area contributed by atoms with E-state index in [0.717, 1.165) is 32.1 Å². The Morgan fingerprint density at radius 2 is 1.02 bits per heavy atom. The molecule has 0 aromatic heterocycles. The van der Waals surface area contributed by atoms with Gasteiger partial charge in [-0.3, -0.25) is 13.8 Å². The zero-order chi connectivity index (χ0) is 40.5. The third-order valence-corrected chi connectivity index (χ3v) is 10.3. The highest BCUT2D eigenvalue weighted by Crippen LogP contribution is 2.43. The summed E-state index contributed by atoms with van der Waals surface area (Å²) in [5.74, 6) is -1.18. The molecule has 0 bridgehead atoms. The van der Waals surface area contributed by atoms with E-state index in [2.05, 4.69) is 30.5 Å². The Morgan fingerprint density at radius 1 is 0.582 bits per heavy atom. The fourth-order valence-electron chi connectivity index (χ4n) is 5.95. The average Bonchev–Trinajstić information content (AvgIpc) is 3.17. The van der Waals surface area contributed by atoms with E-state index in [0.29, 0.717) is 6.42 Å². The third kappa shape index (κ3) is 40.2. The van der Waals surface area contributed by atoms with Crippen LogP contribution in [0, 0.1) is 0 Å². The molecule has 0 radical (unpaired) electrons.